The number of nitro benzene ring substituents is 1. The van der Waals surface area contributed by atoms with Gasteiger partial charge in [0, 0.05) is 17.8 Å². The maximum atomic E-state index is 12.4. The third kappa shape index (κ3) is 7.25. The molecular weight excluding hydrogens is 578 g/mol. The van der Waals surface area contributed by atoms with E-state index in [0.29, 0.717) is 52.2 Å². The molecule has 0 spiro atoms. The summed E-state index contributed by atoms with van der Waals surface area (Å²) in [5.41, 5.74) is 3.97. The lowest BCUT2D eigenvalue weighted by molar-refractivity contribution is -0.384. The Labute approximate surface area is 251 Å². The Morgan fingerprint density at radius 2 is 1.93 bits per heavy atom. The van der Waals surface area contributed by atoms with Gasteiger partial charge >= 0.3 is 12.0 Å². The molecule has 15 nitrogen and oxygen atoms in total. The molecule has 0 unspecified atom stereocenters. The number of ether oxygens (including phenoxy) is 4. The van der Waals surface area contributed by atoms with Crippen LogP contribution in [0.2, 0.25) is 0 Å². The summed E-state index contributed by atoms with van der Waals surface area (Å²) < 4.78 is 27.4. The van der Waals surface area contributed by atoms with E-state index in [4.69, 9.17) is 23.4 Å². The molecule has 1 aromatic heterocycles. The minimum Gasteiger partial charge on any atom is -0.496 e. The van der Waals surface area contributed by atoms with Crippen molar-refractivity contribution in [2.75, 3.05) is 27.4 Å². The first-order valence-electron chi connectivity index (χ1n) is 13.3. The Hall–Kier alpha value is -5.57. The minimum absolute atomic E-state index is 0.115. The summed E-state index contributed by atoms with van der Waals surface area (Å²) >= 11 is 0. The number of carbonyl (C=O) groups excluding carboxylic acids is 2. The highest BCUT2D eigenvalue weighted by molar-refractivity contribution is 5.95. The summed E-state index contributed by atoms with van der Waals surface area (Å²) in [6.45, 7) is 3.47. The fraction of sp³-hybridized carbons (Fsp3) is 0.276. The van der Waals surface area contributed by atoms with E-state index in [9.17, 15) is 24.8 Å². The van der Waals surface area contributed by atoms with Crippen LogP contribution in [0.5, 0.6) is 17.2 Å². The molecule has 0 saturated heterocycles. The number of benzene rings is 2. The molecule has 232 valence electrons. The van der Waals surface area contributed by atoms with Crippen molar-refractivity contribution in [2.45, 2.75) is 26.1 Å². The number of amides is 2. The van der Waals surface area contributed by atoms with E-state index < -0.39 is 29.2 Å². The predicted octanol–water partition coefficient (Wildman–Crippen LogP) is 3.38. The van der Waals surface area contributed by atoms with Crippen molar-refractivity contribution in [3.05, 3.63) is 81.2 Å². The van der Waals surface area contributed by atoms with Gasteiger partial charge in [-0.25, -0.2) is 9.59 Å². The van der Waals surface area contributed by atoms with Gasteiger partial charge in [-0.3, -0.25) is 15.5 Å². The molecule has 2 heterocycles. The molecular formula is C29H31N5O10. The fourth-order valence-corrected chi connectivity index (χ4v) is 4.38. The number of hydrogen-bond donors (Lipinski definition) is 4. The normalized spacial score (nSPS) is 15.3. The Morgan fingerprint density at radius 1 is 1.16 bits per heavy atom. The zero-order valence-corrected chi connectivity index (χ0v) is 24.3. The molecule has 15 heteroatoms. The topological polar surface area (TPSA) is 196 Å². The smallest absolute Gasteiger partial charge is 0.337 e. The van der Waals surface area contributed by atoms with Crippen molar-refractivity contribution in [1.82, 2.24) is 16.1 Å². The summed E-state index contributed by atoms with van der Waals surface area (Å²) in [4.78, 5) is 35.2. The second-order valence-electron chi connectivity index (χ2n) is 9.26. The SMILES string of the molecule is CCOc1cc([C@@H]2NC(=O)NC(C)=C2C(=O)OC)ccc1OC[C@H](O)N/N=C/c1ccc(-c2cc([N+](=O)[O-])ccc2OC)o1. The number of nitrogens with zero attached hydrogens (tertiary/aromatic N) is 2. The summed E-state index contributed by atoms with van der Waals surface area (Å²) in [5.74, 6) is 1.08. The van der Waals surface area contributed by atoms with Gasteiger partial charge in [-0.2, -0.15) is 5.10 Å². The molecule has 44 heavy (non-hydrogen) atoms. The van der Waals surface area contributed by atoms with Crippen LogP contribution in [-0.2, 0) is 9.53 Å². The maximum absolute atomic E-state index is 12.4. The predicted molar refractivity (Wildman–Crippen MR) is 156 cm³/mol. The quantitative estimate of drug-likeness (QED) is 0.0729. The Morgan fingerprint density at radius 3 is 2.64 bits per heavy atom. The average Bonchev–Trinajstić information content (AvgIpc) is 3.48. The van der Waals surface area contributed by atoms with Gasteiger partial charge in [-0.15, -0.1) is 0 Å². The number of allylic oxidation sites excluding steroid dienone is 1. The summed E-state index contributed by atoms with van der Waals surface area (Å²) in [6, 6.07) is 11.0. The van der Waals surface area contributed by atoms with Crippen LogP contribution in [0.3, 0.4) is 0 Å². The molecule has 4 N–H and O–H groups in total. The molecule has 4 rings (SSSR count). The molecule has 2 amide bonds. The fourth-order valence-electron chi connectivity index (χ4n) is 4.38. The number of hydrogen-bond acceptors (Lipinski definition) is 12. The van der Waals surface area contributed by atoms with Crippen LogP contribution in [0.1, 0.15) is 31.2 Å². The molecule has 0 radical (unpaired) electrons. The van der Waals surface area contributed by atoms with E-state index in [1.165, 1.54) is 38.6 Å². The van der Waals surface area contributed by atoms with Crippen molar-refractivity contribution in [3.8, 4) is 28.6 Å². The number of methoxy groups -OCH3 is 2. The van der Waals surface area contributed by atoms with E-state index in [2.05, 4.69) is 21.2 Å². The average molecular weight is 610 g/mol. The Balaban J connectivity index is 1.41. The van der Waals surface area contributed by atoms with Crippen molar-refractivity contribution in [1.29, 1.82) is 0 Å². The van der Waals surface area contributed by atoms with Crippen LogP contribution >= 0.6 is 0 Å². The van der Waals surface area contributed by atoms with Gasteiger partial charge < -0.3 is 39.1 Å². The van der Waals surface area contributed by atoms with E-state index in [1.54, 1.807) is 44.2 Å². The van der Waals surface area contributed by atoms with Gasteiger partial charge in [-0.05, 0) is 49.7 Å². The monoisotopic (exact) mass is 609 g/mol. The van der Waals surface area contributed by atoms with Crippen LogP contribution in [0, 0.1) is 10.1 Å². The number of nitrogens with one attached hydrogen (secondary N) is 3. The zero-order chi connectivity index (χ0) is 31.8. The first-order chi connectivity index (χ1) is 21.1. The number of rotatable bonds is 13. The van der Waals surface area contributed by atoms with Crippen LogP contribution in [0.25, 0.3) is 11.3 Å². The molecule has 0 saturated carbocycles. The largest absolute Gasteiger partial charge is 0.496 e. The third-order valence-corrected chi connectivity index (χ3v) is 6.37. The van der Waals surface area contributed by atoms with Crippen LogP contribution in [0.4, 0.5) is 10.5 Å². The van der Waals surface area contributed by atoms with Crippen LogP contribution in [0.15, 0.2) is 69.3 Å². The van der Waals surface area contributed by atoms with Crippen molar-refractivity contribution in [2.24, 2.45) is 5.10 Å². The second-order valence-corrected chi connectivity index (χ2v) is 9.26. The molecule has 0 aliphatic carbocycles. The highest BCUT2D eigenvalue weighted by atomic mass is 16.6. The van der Waals surface area contributed by atoms with Crippen molar-refractivity contribution < 1.29 is 43.0 Å². The molecule has 3 aromatic rings. The van der Waals surface area contributed by atoms with E-state index >= 15 is 0 Å². The summed E-state index contributed by atoms with van der Waals surface area (Å²) in [6.07, 6.45) is 0.0884. The van der Waals surface area contributed by atoms with Gasteiger partial charge in [0.1, 0.15) is 23.9 Å². The van der Waals surface area contributed by atoms with Gasteiger partial charge in [0.05, 0.1) is 49.1 Å². The highest BCUT2D eigenvalue weighted by Crippen LogP contribution is 2.36. The minimum atomic E-state index is -1.23. The summed E-state index contributed by atoms with van der Waals surface area (Å²) in [5, 5.41) is 30.8. The standard InChI is InChI=1S/C29H31N5O10/c1-5-42-24-12-17(27-26(28(36)41-4)16(2)31-29(37)32-27)6-9-23(24)43-15-25(35)33-30-14-19-8-11-22(44-19)20-13-18(34(38)39)7-10-21(20)40-3/h6-14,25,27,33,35H,5,15H2,1-4H3,(H2,31,32,37)/b30-14+/t25-,27-/m0/s1. The number of carbonyl (C=O) groups is 2. The van der Waals surface area contributed by atoms with E-state index in [0.717, 1.165) is 0 Å². The van der Waals surface area contributed by atoms with E-state index in [1.807, 2.05) is 0 Å². The van der Waals surface area contributed by atoms with E-state index in [-0.39, 0.29) is 17.9 Å². The third-order valence-electron chi connectivity index (χ3n) is 6.37. The maximum Gasteiger partial charge on any atom is 0.337 e. The molecule has 1 aliphatic rings. The lowest BCUT2D eigenvalue weighted by atomic mass is 9.95. The first-order valence-corrected chi connectivity index (χ1v) is 13.3. The Bertz CT molecular complexity index is 1600. The molecule has 1 aliphatic heterocycles. The number of urea groups is 1. The van der Waals surface area contributed by atoms with Gasteiger partial charge in [0.2, 0.25) is 0 Å². The number of esters is 1. The lowest BCUT2D eigenvalue weighted by Gasteiger charge is -2.28. The zero-order valence-electron chi connectivity index (χ0n) is 24.3. The first kappa shape index (κ1) is 31.4. The highest BCUT2D eigenvalue weighted by Gasteiger charge is 2.32. The second kappa shape index (κ2) is 14.1. The lowest BCUT2D eigenvalue weighted by Crippen LogP contribution is -2.45. The molecule has 2 aromatic carbocycles. The van der Waals surface area contributed by atoms with Gasteiger partial charge in [0.25, 0.3) is 5.69 Å². The molecule has 0 fully saturated rings. The number of non-ortho nitro benzene ring substituents is 1. The summed E-state index contributed by atoms with van der Waals surface area (Å²) in [7, 11) is 2.70. The van der Waals surface area contributed by atoms with Crippen LogP contribution < -0.4 is 30.3 Å². The number of hydrazone groups is 1. The van der Waals surface area contributed by atoms with Crippen LogP contribution in [-0.4, -0.2) is 61.9 Å². The van der Waals surface area contributed by atoms with Gasteiger partial charge in [0.15, 0.2) is 17.7 Å². The van der Waals surface area contributed by atoms with Crippen molar-refractivity contribution in [3.63, 3.8) is 0 Å². The number of aliphatic hydroxyl groups is 1. The molecule has 2 atom stereocenters. The molecule has 0 bridgehead atoms. The number of nitro groups is 1. The van der Waals surface area contributed by atoms with Crippen molar-refractivity contribution >= 4 is 23.9 Å². The number of aliphatic hydroxyl groups excluding tert-OH is 1. The Kier molecular flexibility index (Phi) is 10.0. The van der Waals surface area contributed by atoms with Gasteiger partial charge in [-0.1, -0.05) is 6.07 Å². The number of furan rings is 1.